The Labute approximate surface area is 149 Å². The highest BCUT2D eigenvalue weighted by molar-refractivity contribution is 5.95. The molecule has 0 saturated carbocycles. The molecule has 0 N–H and O–H groups in total. The van der Waals surface area contributed by atoms with Gasteiger partial charge in [0.05, 0.1) is 24.7 Å². The predicted octanol–water partition coefficient (Wildman–Crippen LogP) is 1.40. The van der Waals surface area contributed by atoms with E-state index in [2.05, 4.69) is 10.1 Å². The second-order valence-corrected chi connectivity index (χ2v) is 5.95. The smallest absolute Gasteiger partial charge is 0.293 e. The molecule has 26 heavy (non-hydrogen) atoms. The molecule has 1 aliphatic rings. The highest BCUT2D eigenvalue weighted by Gasteiger charge is 2.24. The average Bonchev–Trinajstić information content (AvgIpc) is 3.06. The van der Waals surface area contributed by atoms with Crippen molar-refractivity contribution in [3.05, 3.63) is 45.6 Å². The maximum Gasteiger partial charge on any atom is 0.293 e. The molecule has 0 unspecified atom stereocenters. The zero-order chi connectivity index (χ0) is 18.7. The van der Waals surface area contributed by atoms with E-state index in [0.29, 0.717) is 43.7 Å². The van der Waals surface area contributed by atoms with Crippen molar-refractivity contribution >= 4 is 17.3 Å². The Kier molecular flexibility index (Phi) is 5.12. The lowest BCUT2D eigenvalue weighted by Gasteiger charge is -2.27. The van der Waals surface area contributed by atoms with Gasteiger partial charge in [-0.15, -0.1) is 0 Å². The van der Waals surface area contributed by atoms with Gasteiger partial charge in [-0.25, -0.2) is 0 Å². The first-order valence-electron chi connectivity index (χ1n) is 8.11. The van der Waals surface area contributed by atoms with Crippen LogP contribution in [0, 0.1) is 17.0 Å². The minimum atomic E-state index is -0.497. The van der Waals surface area contributed by atoms with Crippen molar-refractivity contribution < 1.29 is 19.0 Å². The SMILES string of the molecule is Cc1nc(CN(C)c2ccc(C(=O)N3CCOCC3)cc2[N+](=O)[O-])no1. The molecule has 1 amide bonds. The van der Waals surface area contributed by atoms with Gasteiger partial charge in [-0.05, 0) is 12.1 Å². The van der Waals surface area contributed by atoms with E-state index in [1.54, 1.807) is 35.9 Å². The molecule has 1 aromatic carbocycles. The molecule has 138 valence electrons. The maximum atomic E-state index is 12.6. The van der Waals surface area contributed by atoms with Gasteiger partial charge in [0.15, 0.2) is 5.82 Å². The number of anilines is 1. The standard InChI is InChI=1S/C16H19N5O5/c1-11-17-15(18-26-11)10-19(2)13-4-3-12(9-14(13)21(23)24)16(22)20-5-7-25-8-6-20/h3-4,9H,5-8,10H2,1-2H3. The Bertz CT molecular complexity index is 815. The van der Waals surface area contributed by atoms with Gasteiger partial charge in [0.25, 0.3) is 11.6 Å². The van der Waals surface area contributed by atoms with Gasteiger partial charge in [0.2, 0.25) is 5.89 Å². The van der Waals surface area contributed by atoms with E-state index in [1.165, 1.54) is 6.07 Å². The summed E-state index contributed by atoms with van der Waals surface area (Å²) in [6, 6.07) is 4.47. The first-order valence-corrected chi connectivity index (χ1v) is 8.11. The maximum absolute atomic E-state index is 12.6. The Morgan fingerprint density at radius 1 is 1.38 bits per heavy atom. The number of nitrogens with zero attached hydrogens (tertiary/aromatic N) is 5. The van der Waals surface area contributed by atoms with Crippen molar-refractivity contribution in [1.82, 2.24) is 15.0 Å². The largest absolute Gasteiger partial charge is 0.378 e. The average molecular weight is 361 g/mol. The summed E-state index contributed by atoms with van der Waals surface area (Å²) in [6.45, 7) is 3.81. The second-order valence-electron chi connectivity index (χ2n) is 5.95. The van der Waals surface area contributed by atoms with Gasteiger partial charge in [0, 0.05) is 38.7 Å². The molecule has 0 spiro atoms. The molecule has 1 aromatic heterocycles. The molecular weight excluding hydrogens is 342 g/mol. The number of amides is 1. The van der Waals surface area contributed by atoms with E-state index in [9.17, 15) is 14.9 Å². The number of nitro groups is 1. The fourth-order valence-corrected chi connectivity index (χ4v) is 2.78. The van der Waals surface area contributed by atoms with Crippen LogP contribution in [0.25, 0.3) is 0 Å². The lowest BCUT2D eigenvalue weighted by molar-refractivity contribution is -0.384. The van der Waals surface area contributed by atoms with Crippen LogP contribution in [0.5, 0.6) is 0 Å². The normalized spacial score (nSPS) is 14.3. The minimum Gasteiger partial charge on any atom is -0.378 e. The first-order chi connectivity index (χ1) is 12.5. The van der Waals surface area contributed by atoms with E-state index >= 15 is 0 Å². The number of carbonyl (C=O) groups is 1. The lowest BCUT2D eigenvalue weighted by Crippen LogP contribution is -2.40. The summed E-state index contributed by atoms with van der Waals surface area (Å²) < 4.78 is 10.1. The van der Waals surface area contributed by atoms with Crippen molar-refractivity contribution in [2.45, 2.75) is 13.5 Å². The molecule has 1 fully saturated rings. The number of carbonyl (C=O) groups excluding carboxylic acids is 1. The number of rotatable bonds is 5. The van der Waals surface area contributed by atoms with E-state index < -0.39 is 4.92 Å². The number of hydrogen-bond donors (Lipinski definition) is 0. The molecule has 10 nitrogen and oxygen atoms in total. The molecule has 0 bridgehead atoms. The highest BCUT2D eigenvalue weighted by Crippen LogP contribution is 2.29. The van der Waals surface area contributed by atoms with Crippen LogP contribution in [-0.2, 0) is 11.3 Å². The zero-order valence-corrected chi connectivity index (χ0v) is 14.5. The van der Waals surface area contributed by atoms with Crippen LogP contribution in [0.15, 0.2) is 22.7 Å². The number of aromatic nitrogens is 2. The van der Waals surface area contributed by atoms with Crippen molar-refractivity contribution in [2.75, 3.05) is 38.3 Å². The summed E-state index contributed by atoms with van der Waals surface area (Å²) in [5, 5.41) is 15.3. The molecule has 0 aliphatic carbocycles. The lowest BCUT2D eigenvalue weighted by atomic mass is 10.1. The van der Waals surface area contributed by atoms with E-state index in [1.807, 2.05) is 0 Å². The molecular formula is C16H19N5O5. The van der Waals surface area contributed by atoms with Gasteiger partial charge >= 0.3 is 0 Å². The quantitative estimate of drug-likeness (QED) is 0.580. The fourth-order valence-electron chi connectivity index (χ4n) is 2.78. The number of ether oxygens (including phenoxy) is 1. The molecule has 2 heterocycles. The van der Waals surface area contributed by atoms with Crippen LogP contribution in [0.4, 0.5) is 11.4 Å². The number of aryl methyl sites for hydroxylation is 1. The van der Waals surface area contributed by atoms with Gasteiger partial charge in [-0.3, -0.25) is 14.9 Å². The zero-order valence-electron chi connectivity index (χ0n) is 14.5. The minimum absolute atomic E-state index is 0.146. The van der Waals surface area contributed by atoms with E-state index in [4.69, 9.17) is 9.26 Å². The topological polar surface area (TPSA) is 115 Å². The van der Waals surface area contributed by atoms with Gasteiger partial charge in [-0.2, -0.15) is 4.98 Å². The summed E-state index contributed by atoms with van der Waals surface area (Å²) in [5.41, 5.74) is 0.508. The Balaban J connectivity index is 1.84. The van der Waals surface area contributed by atoms with E-state index in [-0.39, 0.29) is 23.7 Å². The monoisotopic (exact) mass is 361 g/mol. The number of hydrogen-bond acceptors (Lipinski definition) is 8. The third-order valence-corrected chi connectivity index (χ3v) is 4.08. The van der Waals surface area contributed by atoms with Crippen molar-refractivity contribution in [2.24, 2.45) is 0 Å². The molecule has 0 radical (unpaired) electrons. The highest BCUT2D eigenvalue weighted by atomic mass is 16.6. The number of morpholine rings is 1. The summed E-state index contributed by atoms with van der Waals surface area (Å²) in [4.78, 5) is 30.9. The summed E-state index contributed by atoms with van der Waals surface area (Å²) in [6.07, 6.45) is 0. The number of nitro benzene ring substituents is 1. The second kappa shape index (κ2) is 7.48. The predicted molar refractivity (Wildman–Crippen MR) is 91.0 cm³/mol. The third-order valence-electron chi connectivity index (χ3n) is 4.08. The van der Waals surface area contributed by atoms with Crippen molar-refractivity contribution in [1.29, 1.82) is 0 Å². The van der Waals surface area contributed by atoms with Crippen LogP contribution < -0.4 is 4.90 Å². The summed E-state index contributed by atoms with van der Waals surface area (Å²) in [5.74, 6) is 0.613. The third kappa shape index (κ3) is 3.80. The number of benzene rings is 1. The first kappa shape index (κ1) is 17.8. The Morgan fingerprint density at radius 3 is 2.73 bits per heavy atom. The van der Waals surface area contributed by atoms with Crippen LogP contribution in [0.2, 0.25) is 0 Å². The van der Waals surface area contributed by atoms with Crippen LogP contribution in [-0.4, -0.2) is 59.2 Å². The Morgan fingerprint density at radius 2 is 2.12 bits per heavy atom. The van der Waals surface area contributed by atoms with Gasteiger partial charge < -0.3 is 19.1 Å². The van der Waals surface area contributed by atoms with Crippen molar-refractivity contribution in [3.8, 4) is 0 Å². The Hall–Kier alpha value is -3.01. The fraction of sp³-hybridized carbons (Fsp3) is 0.438. The molecule has 2 aromatic rings. The molecule has 3 rings (SSSR count). The van der Waals surface area contributed by atoms with Gasteiger partial charge in [0.1, 0.15) is 5.69 Å². The molecule has 10 heteroatoms. The van der Waals surface area contributed by atoms with Crippen LogP contribution in [0.3, 0.4) is 0 Å². The van der Waals surface area contributed by atoms with Gasteiger partial charge in [-0.1, -0.05) is 5.16 Å². The molecule has 1 aliphatic heterocycles. The molecule has 0 atom stereocenters. The summed E-state index contributed by atoms with van der Waals surface area (Å²) in [7, 11) is 1.69. The molecule has 1 saturated heterocycles. The van der Waals surface area contributed by atoms with Crippen LogP contribution >= 0.6 is 0 Å². The summed E-state index contributed by atoms with van der Waals surface area (Å²) >= 11 is 0. The van der Waals surface area contributed by atoms with E-state index in [0.717, 1.165) is 0 Å². The van der Waals surface area contributed by atoms with Crippen molar-refractivity contribution in [3.63, 3.8) is 0 Å². The van der Waals surface area contributed by atoms with Crippen LogP contribution in [0.1, 0.15) is 22.1 Å².